The van der Waals surface area contributed by atoms with Gasteiger partial charge in [0.05, 0.1) is 20.4 Å². The monoisotopic (exact) mass is 291 g/mol. The predicted octanol–water partition coefficient (Wildman–Crippen LogP) is 2.31. The van der Waals surface area contributed by atoms with Gasteiger partial charge in [0.25, 0.3) is 0 Å². The van der Waals surface area contributed by atoms with Gasteiger partial charge in [0.1, 0.15) is 5.00 Å². The van der Waals surface area contributed by atoms with Crippen molar-refractivity contribution in [2.24, 2.45) is 0 Å². The van der Waals surface area contributed by atoms with E-state index < -0.39 is 0 Å². The summed E-state index contributed by atoms with van der Waals surface area (Å²) >= 11 is 1.52. The van der Waals surface area contributed by atoms with E-state index in [1.165, 1.54) is 22.5 Å². The molecule has 0 aliphatic carbocycles. The summed E-state index contributed by atoms with van der Waals surface area (Å²) in [6.07, 6.45) is 2.68. The molecule has 1 aliphatic rings. The maximum Gasteiger partial charge on any atom is 0.187 e. The van der Waals surface area contributed by atoms with Crippen LogP contribution in [0.15, 0.2) is 18.3 Å². The molecule has 0 spiro atoms. The van der Waals surface area contributed by atoms with Gasteiger partial charge in [-0.05, 0) is 29.7 Å². The molecule has 1 aromatic carbocycles. The second-order valence-corrected chi connectivity index (χ2v) is 5.73. The van der Waals surface area contributed by atoms with Gasteiger partial charge < -0.3 is 20.1 Å². The lowest BCUT2D eigenvalue weighted by molar-refractivity contribution is 0.353. The first-order valence-electron chi connectivity index (χ1n) is 6.41. The predicted molar refractivity (Wildman–Crippen MR) is 80.8 cm³/mol. The van der Waals surface area contributed by atoms with Crippen LogP contribution in [0.1, 0.15) is 11.1 Å². The third kappa shape index (κ3) is 2.27. The Morgan fingerprint density at radius 2 is 1.90 bits per heavy atom. The molecule has 20 heavy (non-hydrogen) atoms. The highest BCUT2D eigenvalue weighted by Crippen LogP contribution is 2.35. The Kier molecular flexibility index (Phi) is 3.40. The van der Waals surface area contributed by atoms with E-state index in [0.717, 1.165) is 41.1 Å². The van der Waals surface area contributed by atoms with E-state index in [9.17, 15) is 0 Å². The molecule has 0 unspecified atom stereocenters. The summed E-state index contributed by atoms with van der Waals surface area (Å²) in [5, 5.41) is 1.72. The maximum absolute atomic E-state index is 5.76. The van der Waals surface area contributed by atoms with Crippen LogP contribution in [0.25, 0.3) is 0 Å². The average Bonchev–Trinajstić information content (AvgIpc) is 2.91. The molecule has 0 atom stereocenters. The minimum Gasteiger partial charge on any atom is -0.493 e. The van der Waals surface area contributed by atoms with Crippen molar-refractivity contribution in [2.75, 3.05) is 31.4 Å². The number of aromatic nitrogens is 1. The Bertz CT molecular complexity index is 627. The van der Waals surface area contributed by atoms with E-state index in [-0.39, 0.29) is 0 Å². The van der Waals surface area contributed by atoms with Gasteiger partial charge in [-0.2, -0.15) is 0 Å². The molecule has 3 rings (SSSR count). The van der Waals surface area contributed by atoms with Crippen molar-refractivity contribution in [3.8, 4) is 11.5 Å². The SMILES string of the molecule is COc1cc2c(cc1OC)CN(c1ncc(N)s1)CC2. The highest BCUT2D eigenvalue weighted by Gasteiger charge is 2.21. The van der Waals surface area contributed by atoms with Gasteiger partial charge in [-0.15, -0.1) is 0 Å². The molecule has 0 amide bonds. The Balaban J connectivity index is 1.90. The second-order valence-electron chi connectivity index (χ2n) is 4.69. The Hall–Kier alpha value is -1.95. The van der Waals surface area contributed by atoms with Gasteiger partial charge in [0, 0.05) is 13.1 Å². The summed E-state index contributed by atoms with van der Waals surface area (Å²) in [6.45, 7) is 1.76. The number of thiazole rings is 1. The number of nitrogens with two attached hydrogens (primary N) is 1. The van der Waals surface area contributed by atoms with Crippen molar-refractivity contribution in [3.63, 3.8) is 0 Å². The fourth-order valence-electron chi connectivity index (χ4n) is 2.47. The number of nitrogen functional groups attached to an aromatic ring is 1. The van der Waals surface area contributed by atoms with Crippen LogP contribution in [-0.4, -0.2) is 25.7 Å². The summed E-state index contributed by atoms with van der Waals surface area (Å²) in [5.74, 6) is 1.56. The number of ether oxygens (including phenoxy) is 2. The van der Waals surface area contributed by atoms with E-state index in [0.29, 0.717) is 0 Å². The Morgan fingerprint density at radius 1 is 1.20 bits per heavy atom. The van der Waals surface area contributed by atoms with Gasteiger partial charge in [-0.25, -0.2) is 4.98 Å². The van der Waals surface area contributed by atoms with Crippen LogP contribution >= 0.6 is 11.3 Å². The molecule has 1 aliphatic heterocycles. The van der Waals surface area contributed by atoms with Gasteiger partial charge in [-0.3, -0.25) is 0 Å². The molecule has 6 heteroatoms. The Labute approximate surface area is 121 Å². The lowest BCUT2D eigenvalue weighted by atomic mass is 9.99. The maximum atomic E-state index is 5.76. The zero-order chi connectivity index (χ0) is 14.1. The summed E-state index contributed by atoms with van der Waals surface area (Å²) in [6, 6.07) is 4.12. The van der Waals surface area contributed by atoms with Gasteiger partial charge in [0.15, 0.2) is 16.6 Å². The number of methoxy groups -OCH3 is 2. The summed E-state index contributed by atoms with van der Waals surface area (Å²) in [5.41, 5.74) is 8.32. The van der Waals surface area contributed by atoms with E-state index >= 15 is 0 Å². The number of fused-ring (bicyclic) bond motifs is 1. The van der Waals surface area contributed by atoms with Crippen molar-refractivity contribution in [2.45, 2.75) is 13.0 Å². The largest absolute Gasteiger partial charge is 0.493 e. The second kappa shape index (κ2) is 5.20. The molecular weight excluding hydrogens is 274 g/mol. The first-order chi connectivity index (χ1) is 9.71. The molecule has 0 saturated heterocycles. The number of rotatable bonds is 3. The molecular formula is C14H17N3O2S. The number of benzene rings is 1. The minimum absolute atomic E-state index is 0.748. The number of hydrogen-bond donors (Lipinski definition) is 1. The van der Waals surface area contributed by atoms with Crippen LogP contribution in [-0.2, 0) is 13.0 Å². The van der Waals surface area contributed by atoms with Crippen LogP contribution in [0.2, 0.25) is 0 Å². The first kappa shape index (κ1) is 13.1. The van der Waals surface area contributed by atoms with E-state index in [2.05, 4.69) is 22.0 Å². The molecule has 0 fully saturated rings. The molecule has 0 bridgehead atoms. The standard InChI is InChI=1S/C14H17N3O2S/c1-18-11-5-9-3-4-17(14-16-7-13(15)20-14)8-10(9)6-12(11)19-2/h5-7H,3-4,8,15H2,1-2H3. The number of hydrogen-bond acceptors (Lipinski definition) is 6. The molecule has 2 heterocycles. The molecule has 0 radical (unpaired) electrons. The first-order valence-corrected chi connectivity index (χ1v) is 7.23. The third-order valence-electron chi connectivity index (χ3n) is 3.50. The van der Waals surface area contributed by atoms with Gasteiger partial charge >= 0.3 is 0 Å². The topological polar surface area (TPSA) is 60.6 Å². The molecule has 106 valence electrons. The highest BCUT2D eigenvalue weighted by molar-refractivity contribution is 7.19. The van der Waals surface area contributed by atoms with Gasteiger partial charge in [-0.1, -0.05) is 11.3 Å². The zero-order valence-corrected chi connectivity index (χ0v) is 12.4. The Morgan fingerprint density at radius 3 is 2.50 bits per heavy atom. The molecule has 0 saturated carbocycles. The fraction of sp³-hybridized carbons (Fsp3) is 0.357. The summed E-state index contributed by atoms with van der Waals surface area (Å²) in [7, 11) is 3.32. The normalized spacial score (nSPS) is 14.0. The van der Waals surface area contributed by atoms with Crippen LogP contribution in [0.3, 0.4) is 0 Å². The van der Waals surface area contributed by atoms with E-state index in [4.69, 9.17) is 15.2 Å². The third-order valence-corrected chi connectivity index (χ3v) is 4.39. The quantitative estimate of drug-likeness (QED) is 0.940. The van der Waals surface area contributed by atoms with E-state index in [1.807, 2.05) is 0 Å². The summed E-state index contributed by atoms with van der Waals surface area (Å²) < 4.78 is 10.7. The van der Waals surface area contributed by atoms with Crippen LogP contribution < -0.4 is 20.1 Å². The lowest BCUT2D eigenvalue weighted by Crippen LogP contribution is -2.30. The average molecular weight is 291 g/mol. The minimum atomic E-state index is 0.748. The lowest BCUT2D eigenvalue weighted by Gasteiger charge is -2.29. The van der Waals surface area contributed by atoms with Crippen molar-refractivity contribution in [3.05, 3.63) is 29.5 Å². The van der Waals surface area contributed by atoms with Crippen molar-refractivity contribution < 1.29 is 9.47 Å². The van der Waals surface area contributed by atoms with Crippen molar-refractivity contribution in [1.82, 2.24) is 4.98 Å². The van der Waals surface area contributed by atoms with Gasteiger partial charge in [0.2, 0.25) is 0 Å². The molecule has 1 aromatic heterocycles. The zero-order valence-electron chi connectivity index (χ0n) is 11.5. The van der Waals surface area contributed by atoms with Crippen LogP contribution in [0.4, 0.5) is 10.1 Å². The molecule has 5 nitrogen and oxygen atoms in total. The van der Waals surface area contributed by atoms with E-state index in [1.54, 1.807) is 20.4 Å². The smallest absolute Gasteiger partial charge is 0.187 e. The van der Waals surface area contributed by atoms with Crippen LogP contribution in [0.5, 0.6) is 11.5 Å². The number of nitrogens with zero attached hydrogens (tertiary/aromatic N) is 2. The fourth-order valence-corrected chi connectivity index (χ4v) is 3.18. The highest BCUT2D eigenvalue weighted by atomic mass is 32.1. The van der Waals surface area contributed by atoms with Crippen molar-refractivity contribution >= 4 is 21.5 Å². The van der Waals surface area contributed by atoms with Crippen LogP contribution in [0, 0.1) is 0 Å². The molecule has 2 N–H and O–H groups in total. The number of anilines is 2. The van der Waals surface area contributed by atoms with Crippen molar-refractivity contribution in [1.29, 1.82) is 0 Å². The summed E-state index contributed by atoms with van der Waals surface area (Å²) in [4.78, 5) is 6.60. The molecule has 2 aromatic rings.